The number of hydrogen-bond acceptors (Lipinski definition) is 5. The average Bonchev–Trinajstić information content (AvgIpc) is 3.08. The Morgan fingerprint density at radius 1 is 1.72 bits per heavy atom. The number of rotatable bonds is 5. The maximum Gasteiger partial charge on any atom is 0.283 e. The van der Waals surface area contributed by atoms with Crippen LogP contribution < -0.4 is 11.1 Å². The van der Waals surface area contributed by atoms with Crippen molar-refractivity contribution in [3.05, 3.63) is 25.9 Å². The van der Waals surface area contributed by atoms with Gasteiger partial charge in [0.2, 0.25) is 0 Å². The number of thiophene rings is 1. The molecule has 98 valence electrons. The first-order chi connectivity index (χ1) is 8.49. The van der Waals surface area contributed by atoms with E-state index in [4.69, 9.17) is 5.73 Å². The highest BCUT2D eigenvalue weighted by atomic mass is 32.1. The second kappa shape index (κ2) is 5.03. The van der Waals surface area contributed by atoms with Crippen LogP contribution in [0.3, 0.4) is 0 Å². The molecule has 3 N–H and O–H groups in total. The van der Waals surface area contributed by atoms with Crippen molar-refractivity contribution < 1.29 is 9.72 Å². The standard InChI is InChI=1S/C11H15N3O3S/c1-6-9(14(16)17)4-10(18-6)11(15)13-5-8(12)7-2-3-7/h4,7-8H,2-3,5,12H2,1H3,(H,13,15). The van der Waals surface area contributed by atoms with E-state index in [1.807, 2.05) is 0 Å². The number of hydrogen-bond donors (Lipinski definition) is 2. The zero-order valence-electron chi connectivity index (χ0n) is 10.0. The molecule has 6 nitrogen and oxygen atoms in total. The van der Waals surface area contributed by atoms with Gasteiger partial charge in [-0.15, -0.1) is 11.3 Å². The quantitative estimate of drug-likeness (QED) is 0.624. The first-order valence-corrected chi connectivity index (χ1v) is 6.59. The van der Waals surface area contributed by atoms with E-state index in [9.17, 15) is 14.9 Å². The Labute approximate surface area is 108 Å². The summed E-state index contributed by atoms with van der Waals surface area (Å²) in [4.78, 5) is 22.9. The van der Waals surface area contributed by atoms with Gasteiger partial charge < -0.3 is 11.1 Å². The molecule has 1 unspecified atom stereocenters. The highest BCUT2D eigenvalue weighted by molar-refractivity contribution is 7.14. The molecular weight excluding hydrogens is 254 g/mol. The maximum atomic E-state index is 11.8. The Morgan fingerprint density at radius 2 is 2.39 bits per heavy atom. The molecule has 0 spiro atoms. The topological polar surface area (TPSA) is 98.3 Å². The minimum atomic E-state index is -0.474. The maximum absolute atomic E-state index is 11.8. The Morgan fingerprint density at radius 3 is 2.89 bits per heavy atom. The molecule has 0 radical (unpaired) electrons. The van der Waals surface area contributed by atoms with Crippen molar-refractivity contribution in [3.8, 4) is 0 Å². The zero-order chi connectivity index (χ0) is 13.3. The largest absolute Gasteiger partial charge is 0.350 e. The molecule has 7 heteroatoms. The molecule has 0 saturated heterocycles. The molecule has 1 amide bonds. The average molecular weight is 269 g/mol. The van der Waals surface area contributed by atoms with E-state index >= 15 is 0 Å². The molecule has 0 aliphatic heterocycles. The van der Waals surface area contributed by atoms with Crippen molar-refractivity contribution in [1.82, 2.24) is 5.32 Å². The lowest BCUT2D eigenvalue weighted by Gasteiger charge is -2.10. The summed E-state index contributed by atoms with van der Waals surface area (Å²) in [5.74, 6) is 0.233. The van der Waals surface area contributed by atoms with Crippen molar-refractivity contribution in [2.75, 3.05) is 6.54 Å². The SMILES string of the molecule is Cc1sc(C(=O)NCC(N)C2CC2)cc1[N+](=O)[O-]. The molecule has 18 heavy (non-hydrogen) atoms. The minimum Gasteiger partial charge on any atom is -0.350 e. The summed E-state index contributed by atoms with van der Waals surface area (Å²) in [5.41, 5.74) is 5.87. The second-order valence-electron chi connectivity index (χ2n) is 4.52. The lowest BCUT2D eigenvalue weighted by molar-refractivity contribution is -0.385. The Balaban J connectivity index is 1.95. The first kappa shape index (κ1) is 13.0. The summed E-state index contributed by atoms with van der Waals surface area (Å²) in [6, 6.07) is 1.31. The van der Waals surface area contributed by atoms with Gasteiger partial charge in [0, 0.05) is 18.7 Å². The molecule has 1 aliphatic rings. The molecular formula is C11H15N3O3S. The van der Waals surface area contributed by atoms with E-state index in [0.717, 1.165) is 24.2 Å². The van der Waals surface area contributed by atoms with E-state index in [-0.39, 0.29) is 17.6 Å². The van der Waals surface area contributed by atoms with Crippen LogP contribution >= 0.6 is 11.3 Å². The third-order valence-corrected chi connectivity index (χ3v) is 4.08. The lowest BCUT2D eigenvalue weighted by Crippen LogP contribution is -2.38. The van der Waals surface area contributed by atoms with E-state index in [2.05, 4.69) is 5.32 Å². The summed E-state index contributed by atoms with van der Waals surface area (Å²) in [6.45, 7) is 2.06. The third-order valence-electron chi connectivity index (χ3n) is 3.04. The Hall–Kier alpha value is -1.47. The predicted octanol–water partition coefficient (Wildman–Crippen LogP) is 1.43. The molecule has 1 aromatic heterocycles. The third kappa shape index (κ3) is 2.85. The Bertz CT molecular complexity index is 482. The number of carbonyl (C=O) groups is 1. The van der Waals surface area contributed by atoms with Crippen molar-refractivity contribution in [1.29, 1.82) is 0 Å². The number of amides is 1. The number of nitro groups is 1. The van der Waals surface area contributed by atoms with Crippen molar-refractivity contribution in [2.24, 2.45) is 11.7 Å². The van der Waals surface area contributed by atoms with Gasteiger partial charge >= 0.3 is 0 Å². The lowest BCUT2D eigenvalue weighted by atomic mass is 10.2. The van der Waals surface area contributed by atoms with Crippen LogP contribution in [-0.4, -0.2) is 23.4 Å². The van der Waals surface area contributed by atoms with Crippen LogP contribution in [0.5, 0.6) is 0 Å². The van der Waals surface area contributed by atoms with E-state index in [1.165, 1.54) is 6.07 Å². The minimum absolute atomic E-state index is 0.00311. The predicted molar refractivity (Wildman–Crippen MR) is 68.7 cm³/mol. The van der Waals surface area contributed by atoms with E-state index < -0.39 is 4.92 Å². The molecule has 1 aromatic rings. The van der Waals surface area contributed by atoms with Crippen molar-refractivity contribution in [3.63, 3.8) is 0 Å². The summed E-state index contributed by atoms with van der Waals surface area (Å²) >= 11 is 1.13. The molecule has 1 atom stereocenters. The smallest absolute Gasteiger partial charge is 0.283 e. The highest BCUT2D eigenvalue weighted by Crippen LogP contribution is 2.31. The van der Waals surface area contributed by atoms with Crippen LogP contribution in [0.4, 0.5) is 5.69 Å². The van der Waals surface area contributed by atoms with Gasteiger partial charge in [-0.25, -0.2) is 0 Å². The fourth-order valence-electron chi connectivity index (χ4n) is 1.75. The number of nitrogens with zero attached hydrogens (tertiary/aromatic N) is 1. The van der Waals surface area contributed by atoms with Crippen LogP contribution in [-0.2, 0) is 0 Å². The first-order valence-electron chi connectivity index (χ1n) is 5.77. The summed E-state index contributed by atoms with van der Waals surface area (Å²) < 4.78 is 0. The van der Waals surface area contributed by atoms with Gasteiger partial charge in [-0.2, -0.15) is 0 Å². The number of nitrogens with two attached hydrogens (primary N) is 1. The van der Waals surface area contributed by atoms with Gasteiger partial charge in [0.25, 0.3) is 11.6 Å². The van der Waals surface area contributed by atoms with Gasteiger partial charge in [0.05, 0.1) is 14.7 Å². The summed E-state index contributed by atoms with van der Waals surface area (Å²) in [7, 11) is 0. The van der Waals surface area contributed by atoms with Gasteiger partial charge in [0.15, 0.2) is 0 Å². The second-order valence-corrected chi connectivity index (χ2v) is 5.78. The molecule has 1 saturated carbocycles. The molecule has 1 heterocycles. The summed E-state index contributed by atoms with van der Waals surface area (Å²) in [5, 5.41) is 13.4. The normalized spacial score (nSPS) is 16.3. The van der Waals surface area contributed by atoms with Crippen LogP contribution in [0.25, 0.3) is 0 Å². The molecule has 2 rings (SSSR count). The van der Waals surface area contributed by atoms with Gasteiger partial charge in [-0.3, -0.25) is 14.9 Å². The van der Waals surface area contributed by atoms with Crippen LogP contribution in [0.15, 0.2) is 6.07 Å². The van der Waals surface area contributed by atoms with Crippen LogP contribution in [0, 0.1) is 23.0 Å². The fourth-order valence-corrected chi connectivity index (χ4v) is 2.66. The fraction of sp³-hybridized carbons (Fsp3) is 0.545. The van der Waals surface area contributed by atoms with E-state index in [0.29, 0.717) is 22.2 Å². The summed E-state index contributed by atoms with van der Waals surface area (Å²) in [6.07, 6.45) is 2.25. The number of aryl methyl sites for hydroxylation is 1. The molecule has 1 aliphatic carbocycles. The van der Waals surface area contributed by atoms with Gasteiger partial charge in [-0.05, 0) is 25.7 Å². The highest BCUT2D eigenvalue weighted by Gasteiger charge is 2.29. The number of carbonyl (C=O) groups excluding carboxylic acids is 1. The number of nitrogens with one attached hydrogen (secondary N) is 1. The zero-order valence-corrected chi connectivity index (χ0v) is 10.8. The molecule has 0 bridgehead atoms. The Kier molecular flexibility index (Phi) is 3.63. The molecule has 1 fully saturated rings. The van der Waals surface area contributed by atoms with Crippen molar-refractivity contribution >= 4 is 22.9 Å². The molecule has 0 aromatic carbocycles. The van der Waals surface area contributed by atoms with Gasteiger partial charge in [0.1, 0.15) is 0 Å². The van der Waals surface area contributed by atoms with Crippen molar-refractivity contribution in [2.45, 2.75) is 25.8 Å². The van der Waals surface area contributed by atoms with Crippen LogP contribution in [0.2, 0.25) is 0 Å². The van der Waals surface area contributed by atoms with Gasteiger partial charge in [-0.1, -0.05) is 0 Å². The van der Waals surface area contributed by atoms with Crippen LogP contribution in [0.1, 0.15) is 27.4 Å². The monoisotopic (exact) mass is 269 g/mol. The van der Waals surface area contributed by atoms with E-state index in [1.54, 1.807) is 6.92 Å².